The van der Waals surface area contributed by atoms with Crippen LogP contribution in [0.15, 0.2) is 30.5 Å². The highest BCUT2D eigenvalue weighted by molar-refractivity contribution is 5.93. The second-order valence-electron chi connectivity index (χ2n) is 6.26. The first kappa shape index (κ1) is 16.6. The fraction of sp³-hybridized carbons (Fsp3) is 0.500. The van der Waals surface area contributed by atoms with Gasteiger partial charge >= 0.3 is 0 Å². The third-order valence-corrected chi connectivity index (χ3v) is 4.53. The first-order valence-electron chi connectivity index (χ1n) is 8.70. The molecule has 1 unspecified atom stereocenters. The molecule has 1 amide bonds. The van der Waals surface area contributed by atoms with Gasteiger partial charge in [0.15, 0.2) is 0 Å². The zero-order valence-electron chi connectivity index (χ0n) is 14.4. The summed E-state index contributed by atoms with van der Waals surface area (Å²) >= 11 is 0. The Morgan fingerprint density at radius 3 is 2.71 bits per heavy atom. The van der Waals surface area contributed by atoms with Gasteiger partial charge in [-0.2, -0.15) is 0 Å². The summed E-state index contributed by atoms with van der Waals surface area (Å²) in [5.74, 6) is 0.235. The lowest BCUT2D eigenvalue weighted by atomic mass is 10.1. The SMILES string of the molecule is CCn1cc(CNC(C)c2ccc(N3CCCCC3=O)cc2)nn1. The molecular weight excluding hydrogens is 302 g/mol. The topological polar surface area (TPSA) is 63.1 Å². The molecule has 1 N–H and O–H groups in total. The summed E-state index contributed by atoms with van der Waals surface area (Å²) in [6, 6.07) is 8.49. The summed E-state index contributed by atoms with van der Waals surface area (Å²) in [6.07, 6.45) is 4.73. The van der Waals surface area contributed by atoms with E-state index in [1.165, 1.54) is 5.56 Å². The first-order valence-corrected chi connectivity index (χ1v) is 8.70. The van der Waals surface area contributed by atoms with Crippen LogP contribution in [0.25, 0.3) is 0 Å². The third-order valence-electron chi connectivity index (χ3n) is 4.53. The molecular formula is C18H25N5O. The maximum absolute atomic E-state index is 12.0. The average Bonchev–Trinajstić information content (AvgIpc) is 3.08. The number of aryl methyl sites for hydroxylation is 1. The van der Waals surface area contributed by atoms with Gasteiger partial charge in [-0.3, -0.25) is 9.48 Å². The van der Waals surface area contributed by atoms with E-state index in [-0.39, 0.29) is 11.9 Å². The quantitative estimate of drug-likeness (QED) is 0.886. The second kappa shape index (κ2) is 7.57. The van der Waals surface area contributed by atoms with E-state index in [2.05, 4.69) is 34.7 Å². The van der Waals surface area contributed by atoms with Crippen molar-refractivity contribution in [1.29, 1.82) is 0 Å². The molecule has 0 saturated carbocycles. The third kappa shape index (κ3) is 3.82. The minimum atomic E-state index is 0.211. The summed E-state index contributed by atoms with van der Waals surface area (Å²) in [6.45, 7) is 6.53. The number of hydrogen-bond acceptors (Lipinski definition) is 4. The van der Waals surface area contributed by atoms with Gasteiger partial charge in [-0.05, 0) is 44.4 Å². The predicted octanol–water partition coefficient (Wildman–Crippen LogP) is 2.67. The Kier molecular flexibility index (Phi) is 5.25. The molecule has 1 fully saturated rings. The Morgan fingerprint density at radius 1 is 1.25 bits per heavy atom. The normalized spacial score (nSPS) is 16.4. The molecule has 1 aliphatic rings. The van der Waals surface area contributed by atoms with Gasteiger partial charge in [-0.15, -0.1) is 5.10 Å². The van der Waals surface area contributed by atoms with Gasteiger partial charge in [-0.25, -0.2) is 0 Å². The van der Waals surface area contributed by atoms with Crippen molar-refractivity contribution in [2.24, 2.45) is 0 Å². The zero-order valence-corrected chi connectivity index (χ0v) is 14.4. The predicted molar refractivity (Wildman–Crippen MR) is 93.6 cm³/mol. The summed E-state index contributed by atoms with van der Waals surface area (Å²) in [5, 5.41) is 11.7. The van der Waals surface area contributed by atoms with Crippen molar-refractivity contribution < 1.29 is 4.79 Å². The van der Waals surface area contributed by atoms with E-state index < -0.39 is 0 Å². The van der Waals surface area contributed by atoms with Crippen LogP contribution in [0.3, 0.4) is 0 Å². The van der Waals surface area contributed by atoms with Crippen LogP contribution in [0.2, 0.25) is 0 Å². The van der Waals surface area contributed by atoms with E-state index in [9.17, 15) is 4.79 Å². The van der Waals surface area contributed by atoms with Crippen molar-refractivity contribution in [1.82, 2.24) is 20.3 Å². The summed E-state index contributed by atoms with van der Waals surface area (Å²) in [7, 11) is 0. The minimum Gasteiger partial charge on any atom is -0.312 e. The Bertz CT molecular complexity index is 679. The lowest BCUT2D eigenvalue weighted by Gasteiger charge is -2.27. The number of hydrogen-bond donors (Lipinski definition) is 1. The van der Waals surface area contributed by atoms with Gasteiger partial charge < -0.3 is 10.2 Å². The molecule has 24 heavy (non-hydrogen) atoms. The van der Waals surface area contributed by atoms with Crippen LogP contribution in [-0.4, -0.2) is 27.4 Å². The molecule has 1 atom stereocenters. The molecule has 128 valence electrons. The number of nitrogens with zero attached hydrogens (tertiary/aromatic N) is 4. The van der Waals surface area contributed by atoms with Crippen molar-refractivity contribution in [2.75, 3.05) is 11.4 Å². The first-order chi connectivity index (χ1) is 11.7. The van der Waals surface area contributed by atoms with E-state index in [4.69, 9.17) is 0 Å². The molecule has 0 spiro atoms. The average molecular weight is 327 g/mol. The molecule has 0 bridgehead atoms. The van der Waals surface area contributed by atoms with Gasteiger partial charge in [0.05, 0.1) is 5.69 Å². The van der Waals surface area contributed by atoms with Crippen LogP contribution in [0.4, 0.5) is 5.69 Å². The van der Waals surface area contributed by atoms with Gasteiger partial charge in [0, 0.05) is 44.0 Å². The Labute approximate surface area is 142 Å². The van der Waals surface area contributed by atoms with Crippen molar-refractivity contribution in [3.8, 4) is 0 Å². The van der Waals surface area contributed by atoms with E-state index in [1.807, 2.05) is 34.8 Å². The summed E-state index contributed by atoms with van der Waals surface area (Å²) < 4.78 is 1.83. The molecule has 1 saturated heterocycles. The van der Waals surface area contributed by atoms with Gasteiger partial charge in [0.1, 0.15) is 0 Å². The number of anilines is 1. The number of carbonyl (C=O) groups excluding carboxylic acids is 1. The maximum Gasteiger partial charge on any atom is 0.226 e. The van der Waals surface area contributed by atoms with Crippen molar-refractivity contribution >= 4 is 11.6 Å². The van der Waals surface area contributed by atoms with E-state index >= 15 is 0 Å². The molecule has 3 rings (SSSR count). The minimum absolute atomic E-state index is 0.211. The molecule has 2 heterocycles. The Hall–Kier alpha value is -2.21. The van der Waals surface area contributed by atoms with Crippen LogP contribution in [-0.2, 0) is 17.9 Å². The molecule has 0 aliphatic carbocycles. The number of rotatable bonds is 6. The van der Waals surface area contributed by atoms with Crippen LogP contribution in [0, 0.1) is 0 Å². The van der Waals surface area contributed by atoms with E-state index in [1.54, 1.807) is 0 Å². The fourth-order valence-electron chi connectivity index (χ4n) is 2.97. The lowest BCUT2D eigenvalue weighted by molar-refractivity contribution is -0.119. The molecule has 1 aliphatic heterocycles. The maximum atomic E-state index is 12.0. The number of nitrogens with one attached hydrogen (secondary N) is 1. The number of carbonyl (C=O) groups is 1. The smallest absolute Gasteiger partial charge is 0.226 e. The Balaban J connectivity index is 1.59. The standard InChI is InChI=1S/C18H25N5O/c1-3-22-13-16(20-21-22)12-19-14(2)15-7-9-17(10-8-15)23-11-5-4-6-18(23)24/h7-10,13-14,19H,3-6,11-12H2,1-2H3. The van der Waals surface area contributed by atoms with E-state index in [0.29, 0.717) is 13.0 Å². The number of piperidine rings is 1. The number of aromatic nitrogens is 3. The number of amides is 1. The molecule has 6 heteroatoms. The van der Waals surface area contributed by atoms with Gasteiger partial charge in [0.25, 0.3) is 0 Å². The highest BCUT2D eigenvalue weighted by Gasteiger charge is 2.19. The summed E-state index contributed by atoms with van der Waals surface area (Å²) in [5.41, 5.74) is 3.15. The molecule has 0 radical (unpaired) electrons. The van der Waals surface area contributed by atoms with E-state index in [0.717, 1.165) is 37.3 Å². The molecule has 1 aromatic heterocycles. The second-order valence-corrected chi connectivity index (χ2v) is 6.26. The monoisotopic (exact) mass is 327 g/mol. The highest BCUT2D eigenvalue weighted by Crippen LogP contribution is 2.23. The molecule has 6 nitrogen and oxygen atoms in total. The van der Waals surface area contributed by atoms with Crippen molar-refractivity contribution in [3.05, 3.63) is 41.7 Å². The van der Waals surface area contributed by atoms with Gasteiger partial charge in [0.2, 0.25) is 5.91 Å². The fourth-order valence-corrected chi connectivity index (χ4v) is 2.97. The zero-order chi connectivity index (χ0) is 16.9. The number of benzene rings is 1. The molecule has 1 aromatic carbocycles. The summed E-state index contributed by atoms with van der Waals surface area (Å²) in [4.78, 5) is 13.9. The van der Waals surface area contributed by atoms with Crippen molar-refractivity contribution in [2.45, 2.75) is 52.2 Å². The lowest BCUT2D eigenvalue weighted by Crippen LogP contribution is -2.35. The van der Waals surface area contributed by atoms with Crippen LogP contribution in [0.1, 0.15) is 50.4 Å². The van der Waals surface area contributed by atoms with Crippen LogP contribution >= 0.6 is 0 Å². The largest absolute Gasteiger partial charge is 0.312 e. The van der Waals surface area contributed by atoms with Gasteiger partial charge in [-0.1, -0.05) is 17.3 Å². The van der Waals surface area contributed by atoms with Crippen molar-refractivity contribution in [3.63, 3.8) is 0 Å². The van der Waals surface area contributed by atoms with Crippen LogP contribution in [0.5, 0.6) is 0 Å². The van der Waals surface area contributed by atoms with Crippen LogP contribution < -0.4 is 10.2 Å². The Morgan fingerprint density at radius 2 is 2.04 bits per heavy atom. The molecule has 2 aromatic rings. The highest BCUT2D eigenvalue weighted by atomic mass is 16.2.